The van der Waals surface area contributed by atoms with Crippen LogP contribution in [0.5, 0.6) is 0 Å². The number of terminal acetylenes is 1. The molecule has 1 fully saturated rings. The Bertz CT molecular complexity index is 192. The maximum Gasteiger partial charge on any atom is 0.209 e. The van der Waals surface area contributed by atoms with E-state index >= 15 is 0 Å². The molecule has 0 spiro atoms. The van der Waals surface area contributed by atoms with Gasteiger partial charge >= 0.3 is 0 Å². The predicted octanol–water partition coefficient (Wildman–Crippen LogP) is 0.434. The molecule has 11 heavy (non-hydrogen) atoms. The lowest BCUT2D eigenvalue weighted by molar-refractivity contribution is -0.119. The van der Waals surface area contributed by atoms with Crippen molar-refractivity contribution in [3.8, 4) is 12.3 Å². The average molecular weight is 151 g/mol. The summed E-state index contributed by atoms with van der Waals surface area (Å²) in [6.45, 7) is 3.85. The maximum atomic E-state index is 11.1. The van der Waals surface area contributed by atoms with Crippen LogP contribution in [0.1, 0.15) is 13.3 Å². The van der Waals surface area contributed by atoms with Gasteiger partial charge in [-0.25, -0.2) is 0 Å². The fourth-order valence-electron chi connectivity index (χ4n) is 1.45. The van der Waals surface area contributed by atoms with E-state index in [1.165, 1.54) is 0 Å². The lowest BCUT2D eigenvalue weighted by Crippen LogP contribution is -2.39. The zero-order chi connectivity index (χ0) is 8.27. The molecule has 2 heteroatoms. The minimum absolute atomic E-state index is 0.0498. The topological polar surface area (TPSA) is 29.1 Å². The molecule has 2 nitrogen and oxygen atoms in total. The molecule has 1 aliphatic rings. The first-order chi connectivity index (χ1) is 5.25. The smallest absolute Gasteiger partial charge is 0.209 e. The molecule has 0 aromatic heterocycles. The average Bonchev–Trinajstić information content (AvgIpc) is 2.04. The second-order valence-electron chi connectivity index (χ2n) is 3.09. The number of ketones is 1. The van der Waals surface area contributed by atoms with E-state index in [9.17, 15) is 4.79 Å². The van der Waals surface area contributed by atoms with Gasteiger partial charge in [-0.05, 0) is 24.8 Å². The molecule has 0 aromatic carbocycles. The Hall–Kier alpha value is -0.810. The summed E-state index contributed by atoms with van der Waals surface area (Å²) in [7, 11) is 0. The number of piperidine rings is 1. The third kappa shape index (κ3) is 1.81. The first-order valence-corrected chi connectivity index (χ1v) is 3.97. The first kappa shape index (κ1) is 8.29. The summed E-state index contributed by atoms with van der Waals surface area (Å²) in [5.41, 5.74) is 0. The van der Waals surface area contributed by atoms with Gasteiger partial charge < -0.3 is 5.32 Å². The van der Waals surface area contributed by atoms with Gasteiger partial charge in [-0.1, -0.05) is 6.92 Å². The zero-order valence-electron chi connectivity index (χ0n) is 6.76. The molecule has 1 aliphatic heterocycles. The summed E-state index contributed by atoms with van der Waals surface area (Å²) in [6.07, 6.45) is 6.09. The van der Waals surface area contributed by atoms with E-state index in [-0.39, 0.29) is 11.7 Å². The van der Waals surface area contributed by atoms with E-state index in [4.69, 9.17) is 6.42 Å². The normalized spacial score (nSPS) is 30.9. The Morgan fingerprint density at radius 3 is 3.00 bits per heavy atom. The van der Waals surface area contributed by atoms with Crippen molar-refractivity contribution in [2.45, 2.75) is 13.3 Å². The van der Waals surface area contributed by atoms with Gasteiger partial charge in [0, 0.05) is 12.5 Å². The quantitative estimate of drug-likeness (QED) is 0.435. The molecular weight excluding hydrogens is 138 g/mol. The molecule has 0 saturated carbocycles. The van der Waals surface area contributed by atoms with Crippen LogP contribution in [0.15, 0.2) is 0 Å². The second-order valence-corrected chi connectivity index (χ2v) is 3.09. The lowest BCUT2D eigenvalue weighted by Gasteiger charge is -2.26. The van der Waals surface area contributed by atoms with Crippen LogP contribution in [-0.2, 0) is 4.79 Å². The molecule has 1 rings (SSSR count). The number of Topliss-reactive ketones (excluding diaryl/α,β-unsaturated/α-hetero) is 1. The summed E-state index contributed by atoms with van der Waals surface area (Å²) in [6, 6.07) is 0. The largest absolute Gasteiger partial charge is 0.316 e. The molecule has 0 bridgehead atoms. The molecule has 2 unspecified atom stereocenters. The van der Waals surface area contributed by atoms with Crippen molar-refractivity contribution >= 4 is 5.78 Å². The van der Waals surface area contributed by atoms with Crippen molar-refractivity contribution in [3.05, 3.63) is 0 Å². The number of nitrogens with one attached hydrogen (secondary N) is 1. The van der Waals surface area contributed by atoms with Crippen molar-refractivity contribution < 1.29 is 4.79 Å². The van der Waals surface area contributed by atoms with Gasteiger partial charge in [0.05, 0.1) is 0 Å². The van der Waals surface area contributed by atoms with Crippen molar-refractivity contribution in [3.63, 3.8) is 0 Å². The SMILES string of the molecule is C#CC(=O)C1CNCCC1C. The Labute approximate surface area is 67.4 Å². The van der Waals surface area contributed by atoms with Gasteiger partial charge in [0.25, 0.3) is 0 Å². The van der Waals surface area contributed by atoms with Gasteiger partial charge in [-0.15, -0.1) is 6.42 Å². The van der Waals surface area contributed by atoms with Crippen molar-refractivity contribution in [2.24, 2.45) is 11.8 Å². The molecule has 0 radical (unpaired) electrons. The van der Waals surface area contributed by atoms with E-state index in [1.807, 2.05) is 0 Å². The molecule has 0 aromatic rings. The van der Waals surface area contributed by atoms with E-state index in [0.29, 0.717) is 5.92 Å². The minimum atomic E-state index is -0.0512. The highest BCUT2D eigenvalue weighted by atomic mass is 16.1. The van der Waals surface area contributed by atoms with Crippen LogP contribution in [0.3, 0.4) is 0 Å². The summed E-state index contributed by atoms with van der Waals surface area (Å²) < 4.78 is 0. The van der Waals surface area contributed by atoms with Crippen molar-refractivity contribution in [1.82, 2.24) is 5.32 Å². The number of hydrogen-bond acceptors (Lipinski definition) is 2. The van der Waals surface area contributed by atoms with Gasteiger partial charge in [0.2, 0.25) is 5.78 Å². The zero-order valence-corrected chi connectivity index (χ0v) is 6.76. The van der Waals surface area contributed by atoms with Crippen molar-refractivity contribution in [1.29, 1.82) is 0 Å². The number of rotatable bonds is 1. The number of carbonyl (C=O) groups is 1. The highest BCUT2D eigenvalue weighted by Crippen LogP contribution is 2.18. The highest BCUT2D eigenvalue weighted by molar-refractivity contribution is 5.97. The predicted molar refractivity (Wildman–Crippen MR) is 44.0 cm³/mol. The standard InChI is InChI=1S/C9H13NO/c1-3-9(11)8-6-10-5-4-7(8)2/h1,7-8,10H,4-6H2,2H3. The molecule has 60 valence electrons. The van der Waals surface area contributed by atoms with Crippen LogP contribution in [-0.4, -0.2) is 18.9 Å². The first-order valence-electron chi connectivity index (χ1n) is 3.97. The van der Waals surface area contributed by atoms with Crippen LogP contribution in [0.4, 0.5) is 0 Å². The molecule has 1 heterocycles. The monoisotopic (exact) mass is 151 g/mol. The summed E-state index contributed by atoms with van der Waals surface area (Å²) in [5.74, 6) is 2.63. The summed E-state index contributed by atoms with van der Waals surface area (Å²) >= 11 is 0. The third-order valence-electron chi connectivity index (χ3n) is 2.31. The molecule has 2 atom stereocenters. The van der Waals surface area contributed by atoms with Crippen LogP contribution >= 0.6 is 0 Å². The number of carbonyl (C=O) groups excluding carboxylic acids is 1. The van der Waals surface area contributed by atoms with Crippen LogP contribution in [0.25, 0.3) is 0 Å². The highest BCUT2D eigenvalue weighted by Gasteiger charge is 2.25. The molecule has 1 N–H and O–H groups in total. The molecule has 0 aliphatic carbocycles. The third-order valence-corrected chi connectivity index (χ3v) is 2.31. The van der Waals surface area contributed by atoms with Gasteiger partial charge in [-0.3, -0.25) is 4.79 Å². The van der Waals surface area contributed by atoms with Gasteiger partial charge in [-0.2, -0.15) is 0 Å². The fraction of sp³-hybridized carbons (Fsp3) is 0.667. The van der Waals surface area contributed by atoms with E-state index in [0.717, 1.165) is 19.5 Å². The fourth-order valence-corrected chi connectivity index (χ4v) is 1.45. The van der Waals surface area contributed by atoms with E-state index < -0.39 is 0 Å². The Morgan fingerprint density at radius 1 is 1.73 bits per heavy atom. The summed E-state index contributed by atoms with van der Waals surface area (Å²) in [4.78, 5) is 11.1. The van der Waals surface area contributed by atoms with Gasteiger partial charge in [0.1, 0.15) is 0 Å². The molecule has 1 saturated heterocycles. The van der Waals surface area contributed by atoms with Crippen molar-refractivity contribution in [2.75, 3.05) is 13.1 Å². The molecule has 0 amide bonds. The van der Waals surface area contributed by atoms with E-state index in [2.05, 4.69) is 18.2 Å². The Balaban J connectivity index is 2.56. The molecular formula is C9H13NO. The lowest BCUT2D eigenvalue weighted by atomic mass is 9.85. The maximum absolute atomic E-state index is 11.1. The minimum Gasteiger partial charge on any atom is -0.316 e. The van der Waals surface area contributed by atoms with Crippen LogP contribution in [0, 0.1) is 24.2 Å². The van der Waals surface area contributed by atoms with Gasteiger partial charge in [0.15, 0.2) is 0 Å². The van der Waals surface area contributed by atoms with Crippen LogP contribution < -0.4 is 5.32 Å². The van der Waals surface area contributed by atoms with E-state index in [1.54, 1.807) is 0 Å². The Morgan fingerprint density at radius 2 is 2.45 bits per heavy atom. The second kappa shape index (κ2) is 3.54. The number of hydrogen-bond donors (Lipinski definition) is 1. The summed E-state index contributed by atoms with van der Waals surface area (Å²) in [5, 5.41) is 3.16. The Kier molecular flexibility index (Phi) is 2.67. The van der Waals surface area contributed by atoms with Crippen LogP contribution in [0.2, 0.25) is 0 Å².